The highest BCUT2D eigenvalue weighted by Gasteiger charge is 2.14. The SMILES string of the molecule is C[C@@H](NCCCC1CCCO1)c1cccs1. The van der Waals surface area contributed by atoms with Crippen molar-refractivity contribution in [3.8, 4) is 0 Å². The Morgan fingerprint density at radius 1 is 1.62 bits per heavy atom. The van der Waals surface area contributed by atoms with Crippen molar-refractivity contribution in [1.82, 2.24) is 5.32 Å². The Hall–Kier alpha value is -0.380. The number of hydrogen-bond acceptors (Lipinski definition) is 3. The zero-order valence-corrected chi connectivity index (χ0v) is 10.8. The summed E-state index contributed by atoms with van der Waals surface area (Å²) in [6, 6.07) is 4.80. The molecule has 1 saturated heterocycles. The van der Waals surface area contributed by atoms with Crippen LogP contribution >= 0.6 is 11.3 Å². The minimum Gasteiger partial charge on any atom is -0.378 e. The molecule has 1 unspecified atom stereocenters. The molecule has 0 bridgehead atoms. The Morgan fingerprint density at radius 3 is 3.25 bits per heavy atom. The molecule has 1 aliphatic rings. The Kier molecular flexibility index (Phi) is 4.82. The summed E-state index contributed by atoms with van der Waals surface area (Å²) in [5.41, 5.74) is 0. The highest BCUT2D eigenvalue weighted by atomic mass is 32.1. The van der Waals surface area contributed by atoms with Gasteiger partial charge in [0.1, 0.15) is 0 Å². The van der Waals surface area contributed by atoms with Gasteiger partial charge in [-0.3, -0.25) is 0 Å². The average molecular weight is 239 g/mol. The van der Waals surface area contributed by atoms with Gasteiger partial charge in [0.05, 0.1) is 6.10 Å². The topological polar surface area (TPSA) is 21.3 Å². The van der Waals surface area contributed by atoms with Crippen LogP contribution < -0.4 is 5.32 Å². The smallest absolute Gasteiger partial charge is 0.0576 e. The van der Waals surface area contributed by atoms with E-state index >= 15 is 0 Å². The van der Waals surface area contributed by atoms with E-state index in [0.29, 0.717) is 12.1 Å². The van der Waals surface area contributed by atoms with Crippen molar-refractivity contribution < 1.29 is 4.74 Å². The lowest BCUT2D eigenvalue weighted by Gasteiger charge is -2.13. The predicted octanol–water partition coefficient (Wildman–Crippen LogP) is 3.36. The van der Waals surface area contributed by atoms with Crippen LogP contribution in [0, 0.1) is 0 Å². The van der Waals surface area contributed by atoms with Crippen molar-refractivity contribution in [2.45, 2.75) is 44.8 Å². The van der Waals surface area contributed by atoms with Gasteiger partial charge in [0, 0.05) is 17.5 Å². The Bertz CT molecular complexity index is 280. The summed E-state index contributed by atoms with van der Waals surface area (Å²) in [6.45, 7) is 4.31. The molecule has 1 aromatic rings. The average Bonchev–Trinajstić information content (AvgIpc) is 2.96. The summed E-state index contributed by atoms with van der Waals surface area (Å²) >= 11 is 1.83. The first-order valence-electron chi connectivity index (χ1n) is 6.24. The third-order valence-corrected chi connectivity index (χ3v) is 4.20. The van der Waals surface area contributed by atoms with E-state index in [2.05, 4.69) is 29.8 Å². The maximum Gasteiger partial charge on any atom is 0.0576 e. The van der Waals surface area contributed by atoms with E-state index < -0.39 is 0 Å². The maximum absolute atomic E-state index is 5.61. The molecule has 90 valence electrons. The van der Waals surface area contributed by atoms with E-state index in [9.17, 15) is 0 Å². The molecule has 1 aromatic heterocycles. The fourth-order valence-corrected chi connectivity index (χ4v) is 2.92. The second-order valence-electron chi connectivity index (χ2n) is 4.47. The van der Waals surface area contributed by atoms with Gasteiger partial charge in [-0.2, -0.15) is 0 Å². The lowest BCUT2D eigenvalue weighted by Crippen LogP contribution is -2.20. The molecule has 2 heterocycles. The van der Waals surface area contributed by atoms with Gasteiger partial charge in [-0.25, -0.2) is 0 Å². The largest absolute Gasteiger partial charge is 0.378 e. The quantitative estimate of drug-likeness (QED) is 0.769. The molecule has 0 aliphatic carbocycles. The Balaban J connectivity index is 1.57. The summed E-state index contributed by atoms with van der Waals surface area (Å²) in [5.74, 6) is 0. The number of nitrogens with one attached hydrogen (secondary N) is 1. The molecule has 0 saturated carbocycles. The molecule has 0 amide bonds. The van der Waals surface area contributed by atoms with Crippen LogP contribution in [0.4, 0.5) is 0 Å². The standard InChI is InChI=1S/C13H21NOS/c1-11(13-7-4-10-16-13)14-8-2-5-12-6-3-9-15-12/h4,7,10-12,14H,2-3,5-6,8-9H2,1H3/t11-,12?/m1/s1. The van der Waals surface area contributed by atoms with Crippen molar-refractivity contribution >= 4 is 11.3 Å². The number of hydrogen-bond donors (Lipinski definition) is 1. The minimum absolute atomic E-state index is 0.490. The van der Waals surface area contributed by atoms with Crippen LogP contribution in [0.5, 0.6) is 0 Å². The molecule has 0 radical (unpaired) electrons. The molecular formula is C13H21NOS. The van der Waals surface area contributed by atoms with Crippen molar-refractivity contribution in [2.75, 3.05) is 13.2 Å². The third kappa shape index (κ3) is 3.58. The fourth-order valence-electron chi connectivity index (χ4n) is 2.16. The molecule has 1 N–H and O–H groups in total. The molecular weight excluding hydrogens is 218 g/mol. The van der Waals surface area contributed by atoms with Crippen molar-refractivity contribution in [1.29, 1.82) is 0 Å². The van der Waals surface area contributed by atoms with E-state index in [1.807, 2.05) is 11.3 Å². The Labute approximate surface area is 102 Å². The van der Waals surface area contributed by atoms with Crippen LogP contribution in [-0.2, 0) is 4.74 Å². The highest BCUT2D eigenvalue weighted by molar-refractivity contribution is 7.10. The van der Waals surface area contributed by atoms with Gasteiger partial charge >= 0.3 is 0 Å². The van der Waals surface area contributed by atoms with Crippen LogP contribution in [0.15, 0.2) is 17.5 Å². The van der Waals surface area contributed by atoms with Crippen LogP contribution in [0.3, 0.4) is 0 Å². The van der Waals surface area contributed by atoms with Gasteiger partial charge in [0.15, 0.2) is 0 Å². The van der Waals surface area contributed by atoms with E-state index in [0.717, 1.165) is 13.2 Å². The molecule has 3 heteroatoms. The normalized spacial score (nSPS) is 22.4. The van der Waals surface area contributed by atoms with Crippen molar-refractivity contribution in [3.05, 3.63) is 22.4 Å². The highest BCUT2D eigenvalue weighted by Crippen LogP contribution is 2.19. The predicted molar refractivity (Wildman–Crippen MR) is 68.9 cm³/mol. The maximum atomic E-state index is 5.61. The van der Waals surface area contributed by atoms with Crippen LogP contribution in [0.2, 0.25) is 0 Å². The zero-order valence-electron chi connectivity index (χ0n) is 9.95. The van der Waals surface area contributed by atoms with Gasteiger partial charge in [-0.15, -0.1) is 11.3 Å². The molecule has 2 atom stereocenters. The van der Waals surface area contributed by atoms with Gasteiger partial charge in [0.2, 0.25) is 0 Å². The number of ether oxygens (including phenoxy) is 1. The van der Waals surface area contributed by atoms with Crippen LogP contribution in [0.1, 0.15) is 43.5 Å². The number of rotatable bonds is 6. The summed E-state index contributed by atoms with van der Waals surface area (Å²) < 4.78 is 5.61. The molecule has 1 fully saturated rings. The molecule has 0 aromatic carbocycles. The van der Waals surface area contributed by atoms with Crippen molar-refractivity contribution in [2.24, 2.45) is 0 Å². The Morgan fingerprint density at radius 2 is 2.56 bits per heavy atom. The summed E-state index contributed by atoms with van der Waals surface area (Å²) in [5, 5.41) is 5.70. The van der Waals surface area contributed by atoms with E-state index in [1.54, 1.807) is 0 Å². The molecule has 16 heavy (non-hydrogen) atoms. The number of thiophene rings is 1. The summed E-state index contributed by atoms with van der Waals surface area (Å²) in [7, 11) is 0. The van der Waals surface area contributed by atoms with E-state index in [1.165, 1.54) is 30.6 Å². The van der Waals surface area contributed by atoms with E-state index in [-0.39, 0.29) is 0 Å². The van der Waals surface area contributed by atoms with Crippen LogP contribution in [-0.4, -0.2) is 19.3 Å². The molecule has 2 rings (SSSR count). The second-order valence-corrected chi connectivity index (χ2v) is 5.45. The molecule has 1 aliphatic heterocycles. The van der Waals surface area contributed by atoms with Gasteiger partial charge in [-0.1, -0.05) is 6.07 Å². The first-order chi connectivity index (χ1) is 7.86. The van der Waals surface area contributed by atoms with Gasteiger partial charge in [-0.05, 0) is 50.6 Å². The second kappa shape index (κ2) is 6.38. The van der Waals surface area contributed by atoms with Gasteiger partial charge in [0.25, 0.3) is 0 Å². The first-order valence-corrected chi connectivity index (χ1v) is 7.12. The van der Waals surface area contributed by atoms with E-state index in [4.69, 9.17) is 4.74 Å². The lowest BCUT2D eigenvalue weighted by atomic mass is 10.1. The third-order valence-electron chi connectivity index (χ3n) is 3.15. The lowest BCUT2D eigenvalue weighted by molar-refractivity contribution is 0.102. The molecule has 2 nitrogen and oxygen atoms in total. The zero-order chi connectivity index (χ0) is 11.2. The van der Waals surface area contributed by atoms with Gasteiger partial charge < -0.3 is 10.1 Å². The fraction of sp³-hybridized carbons (Fsp3) is 0.692. The molecule has 0 spiro atoms. The summed E-state index contributed by atoms with van der Waals surface area (Å²) in [6.07, 6.45) is 5.49. The van der Waals surface area contributed by atoms with Crippen molar-refractivity contribution in [3.63, 3.8) is 0 Å². The summed E-state index contributed by atoms with van der Waals surface area (Å²) in [4.78, 5) is 1.43. The first kappa shape index (κ1) is 12.1. The monoisotopic (exact) mass is 239 g/mol. The van der Waals surface area contributed by atoms with Crippen LogP contribution in [0.25, 0.3) is 0 Å². The minimum atomic E-state index is 0.490.